The molecule has 0 heterocycles. The summed E-state index contributed by atoms with van der Waals surface area (Å²) in [7, 11) is 1.67. The van der Waals surface area contributed by atoms with E-state index in [0.29, 0.717) is 13.0 Å². The van der Waals surface area contributed by atoms with Gasteiger partial charge in [-0.25, -0.2) is 0 Å². The molecule has 2 N–H and O–H groups in total. The summed E-state index contributed by atoms with van der Waals surface area (Å²) in [6.07, 6.45) is 1.93. The van der Waals surface area contributed by atoms with Crippen molar-refractivity contribution in [2.24, 2.45) is 5.73 Å². The molecule has 0 radical (unpaired) electrons. The van der Waals surface area contributed by atoms with Gasteiger partial charge in [0, 0.05) is 12.5 Å². The van der Waals surface area contributed by atoms with Crippen LogP contribution in [0.4, 0.5) is 0 Å². The van der Waals surface area contributed by atoms with E-state index in [0.717, 1.165) is 35.3 Å². The van der Waals surface area contributed by atoms with Gasteiger partial charge in [-0.3, -0.25) is 4.79 Å². The Hall–Kier alpha value is -1.55. The normalized spacial score (nSPS) is 12.1. The SMILES string of the molecule is CCOC(=O)CCCC(N)c1cc(C)c(OC)c(C)c1. The highest BCUT2D eigenvalue weighted by molar-refractivity contribution is 5.69. The standard InChI is InChI=1S/C16H25NO3/c1-5-20-15(18)8-6-7-14(17)13-9-11(2)16(19-4)12(3)10-13/h9-10,14H,5-8,17H2,1-4H3. The maximum atomic E-state index is 11.3. The Morgan fingerprint density at radius 1 is 1.30 bits per heavy atom. The number of methoxy groups -OCH3 is 1. The van der Waals surface area contributed by atoms with Gasteiger partial charge in [0.2, 0.25) is 0 Å². The number of carbonyl (C=O) groups excluding carboxylic acids is 1. The van der Waals surface area contributed by atoms with Crippen LogP contribution in [0.25, 0.3) is 0 Å². The molecule has 0 aromatic heterocycles. The van der Waals surface area contributed by atoms with Crippen molar-refractivity contribution in [2.75, 3.05) is 13.7 Å². The number of esters is 1. The van der Waals surface area contributed by atoms with Gasteiger partial charge in [0.05, 0.1) is 13.7 Å². The number of carbonyl (C=O) groups is 1. The van der Waals surface area contributed by atoms with Gasteiger partial charge in [-0.05, 0) is 50.3 Å². The second-order valence-corrected chi connectivity index (χ2v) is 4.99. The second kappa shape index (κ2) is 7.90. The van der Waals surface area contributed by atoms with E-state index in [9.17, 15) is 4.79 Å². The van der Waals surface area contributed by atoms with Crippen LogP contribution in [0.5, 0.6) is 5.75 Å². The van der Waals surface area contributed by atoms with Gasteiger partial charge in [0.25, 0.3) is 0 Å². The lowest BCUT2D eigenvalue weighted by Crippen LogP contribution is -2.12. The van der Waals surface area contributed by atoms with Gasteiger partial charge in [-0.15, -0.1) is 0 Å². The minimum atomic E-state index is -0.151. The fourth-order valence-corrected chi connectivity index (χ4v) is 2.39. The largest absolute Gasteiger partial charge is 0.496 e. The molecule has 0 saturated carbocycles. The Bertz CT molecular complexity index is 434. The van der Waals surface area contributed by atoms with E-state index in [4.69, 9.17) is 15.2 Å². The van der Waals surface area contributed by atoms with E-state index in [1.54, 1.807) is 7.11 Å². The summed E-state index contributed by atoms with van der Waals surface area (Å²) in [6.45, 7) is 6.27. The van der Waals surface area contributed by atoms with Crippen LogP contribution >= 0.6 is 0 Å². The number of rotatable bonds is 7. The highest BCUT2D eigenvalue weighted by Crippen LogP contribution is 2.28. The Labute approximate surface area is 121 Å². The Kier molecular flexibility index (Phi) is 6.52. The molecule has 0 aliphatic rings. The molecule has 0 aliphatic heterocycles. The molecule has 1 atom stereocenters. The van der Waals surface area contributed by atoms with Crippen molar-refractivity contribution in [3.8, 4) is 5.75 Å². The fraction of sp³-hybridized carbons (Fsp3) is 0.562. The first kappa shape index (κ1) is 16.5. The van der Waals surface area contributed by atoms with E-state index >= 15 is 0 Å². The molecule has 0 amide bonds. The number of aryl methyl sites for hydroxylation is 2. The average Bonchev–Trinajstić information content (AvgIpc) is 2.38. The van der Waals surface area contributed by atoms with E-state index in [2.05, 4.69) is 12.1 Å². The molecule has 112 valence electrons. The molecule has 0 fully saturated rings. The summed E-state index contributed by atoms with van der Waals surface area (Å²) in [6, 6.07) is 4.05. The zero-order valence-electron chi connectivity index (χ0n) is 12.9. The molecule has 0 spiro atoms. The highest BCUT2D eigenvalue weighted by atomic mass is 16.5. The van der Waals surface area contributed by atoms with Crippen LogP contribution in [-0.2, 0) is 9.53 Å². The molecule has 1 rings (SSSR count). The molecule has 1 unspecified atom stereocenters. The second-order valence-electron chi connectivity index (χ2n) is 4.99. The van der Waals surface area contributed by atoms with Crippen LogP contribution in [0.3, 0.4) is 0 Å². The first-order chi connectivity index (χ1) is 9.49. The first-order valence-electron chi connectivity index (χ1n) is 7.05. The summed E-state index contributed by atoms with van der Waals surface area (Å²) in [4.78, 5) is 11.3. The van der Waals surface area contributed by atoms with E-state index < -0.39 is 0 Å². The van der Waals surface area contributed by atoms with Crippen molar-refractivity contribution in [3.63, 3.8) is 0 Å². The van der Waals surface area contributed by atoms with Crippen LogP contribution in [0, 0.1) is 13.8 Å². The van der Waals surface area contributed by atoms with Gasteiger partial charge in [0.15, 0.2) is 0 Å². The van der Waals surface area contributed by atoms with Gasteiger partial charge >= 0.3 is 5.97 Å². The number of nitrogens with two attached hydrogens (primary N) is 1. The summed E-state index contributed by atoms with van der Waals surface area (Å²) in [5, 5.41) is 0. The predicted octanol–water partition coefficient (Wildman–Crippen LogP) is 3.05. The number of ether oxygens (including phenoxy) is 2. The fourth-order valence-electron chi connectivity index (χ4n) is 2.39. The molecular formula is C16H25NO3. The van der Waals surface area contributed by atoms with Gasteiger partial charge < -0.3 is 15.2 Å². The lowest BCUT2D eigenvalue weighted by atomic mass is 9.97. The van der Waals surface area contributed by atoms with Gasteiger partial charge in [-0.1, -0.05) is 12.1 Å². The van der Waals surface area contributed by atoms with Crippen LogP contribution in [0.15, 0.2) is 12.1 Å². The van der Waals surface area contributed by atoms with Crippen molar-refractivity contribution in [3.05, 3.63) is 28.8 Å². The van der Waals surface area contributed by atoms with Crippen molar-refractivity contribution in [1.82, 2.24) is 0 Å². The Morgan fingerprint density at radius 2 is 1.90 bits per heavy atom. The minimum absolute atomic E-state index is 0.0623. The van der Waals surface area contributed by atoms with Crippen molar-refractivity contribution in [1.29, 1.82) is 0 Å². The summed E-state index contributed by atoms with van der Waals surface area (Å²) < 4.78 is 10.2. The van der Waals surface area contributed by atoms with Crippen molar-refractivity contribution in [2.45, 2.75) is 46.1 Å². The van der Waals surface area contributed by atoms with Crippen molar-refractivity contribution < 1.29 is 14.3 Å². The molecule has 20 heavy (non-hydrogen) atoms. The molecule has 0 saturated heterocycles. The van der Waals surface area contributed by atoms with Crippen molar-refractivity contribution >= 4 is 5.97 Å². The zero-order chi connectivity index (χ0) is 15.1. The van der Waals surface area contributed by atoms with Crippen LogP contribution in [0.1, 0.15) is 48.9 Å². The number of hydrogen-bond donors (Lipinski definition) is 1. The van der Waals surface area contributed by atoms with Gasteiger partial charge in [-0.2, -0.15) is 0 Å². The zero-order valence-corrected chi connectivity index (χ0v) is 12.9. The van der Waals surface area contributed by atoms with Crippen LogP contribution in [-0.4, -0.2) is 19.7 Å². The van der Waals surface area contributed by atoms with Crippen LogP contribution in [0.2, 0.25) is 0 Å². The molecule has 1 aromatic carbocycles. The first-order valence-corrected chi connectivity index (χ1v) is 7.05. The van der Waals surface area contributed by atoms with E-state index in [-0.39, 0.29) is 12.0 Å². The highest BCUT2D eigenvalue weighted by Gasteiger charge is 2.12. The maximum absolute atomic E-state index is 11.3. The van der Waals surface area contributed by atoms with E-state index in [1.165, 1.54) is 0 Å². The lowest BCUT2D eigenvalue weighted by molar-refractivity contribution is -0.143. The minimum Gasteiger partial charge on any atom is -0.496 e. The van der Waals surface area contributed by atoms with Crippen LogP contribution < -0.4 is 10.5 Å². The molecule has 0 aliphatic carbocycles. The monoisotopic (exact) mass is 279 g/mol. The molecule has 4 nitrogen and oxygen atoms in total. The quantitative estimate of drug-likeness (QED) is 0.779. The third kappa shape index (κ3) is 4.53. The topological polar surface area (TPSA) is 61.5 Å². The third-order valence-corrected chi connectivity index (χ3v) is 3.32. The summed E-state index contributed by atoms with van der Waals surface area (Å²) in [5.41, 5.74) is 9.45. The maximum Gasteiger partial charge on any atom is 0.305 e. The molecular weight excluding hydrogens is 254 g/mol. The molecule has 4 heteroatoms. The number of hydrogen-bond acceptors (Lipinski definition) is 4. The average molecular weight is 279 g/mol. The third-order valence-electron chi connectivity index (χ3n) is 3.32. The predicted molar refractivity (Wildman–Crippen MR) is 79.9 cm³/mol. The lowest BCUT2D eigenvalue weighted by Gasteiger charge is -2.16. The van der Waals surface area contributed by atoms with Gasteiger partial charge in [0.1, 0.15) is 5.75 Å². The number of benzene rings is 1. The van der Waals surface area contributed by atoms with E-state index in [1.807, 2.05) is 20.8 Å². The molecule has 1 aromatic rings. The Morgan fingerprint density at radius 3 is 2.40 bits per heavy atom. The molecule has 0 bridgehead atoms. The summed E-state index contributed by atoms with van der Waals surface area (Å²) >= 11 is 0. The summed E-state index contributed by atoms with van der Waals surface area (Å²) in [5.74, 6) is 0.759. The Balaban J connectivity index is 2.60. The smallest absolute Gasteiger partial charge is 0.305 e.